The van der Waals surface area contributed by atoms with Crippen LogP contribution in [0.1, 0.15) is 26.2 Å². The highest BCUT2D eigenvalue weighted by Crippen LogP contribution is 2.34. The average Bonchev–Trinajstić information content (AvgIpc) is 2.61. The fraction of sp³-hybridized carbons (Fsp3) is 0.571. The minimum absolute atomic E-state index is 0.0471. The van der Waals surface area contributed by atoms with Crippen LogP contribution in [0.15, 0.2) is 24.3 Å². The molecule has 0 spiro atoms. The Kier molecular flexibility index (Phi) is 6.96. The lowest BCUT2D eigenvalue weighted by atomic mass is 10.1. The van der Waals surface area contributed by atoms with Crippen molar-refractivity contribution in [2.75, 3.05) is 0 Å². The van der Waals surface area contributed by atoms with Crippen molar-refractivity contribution in [1.29, 1.82) is 0 Å². The number of halogens is 2. The maximum absolute atomic E-state index is 6.32. The number of allylic oxidation sites excluding steroid dienone is 3. The lowest BCUT2D eigenvalue weighted by Gasteiger charge is -2.10. The zero-order valence-corrected chi connectivity index (χ0v) is 12.3. The van der Waals surface area contributed by atoms with Gasteiger partial charge in [0.05, 0.1) is 22.4 Å². The zero-order chi connectivity index (χ0) is 12.7. The van der Waals surface area contributed by atoms with E-state index in [1.165, 1.54) is 0 Å². The van der Waals surface area contributed by atoms with E-state index in [0.29, 0.717) is 0 Å². The Morgan fingerprint density at radius 1 is 1.35 bits per heavy atom. The normalized spacial score (nSPS) is 33.5. The molecule has 17 heavy (non-hydrogen) atoms. The summed E-state index contributed by atoms with van der Waals surface area (Å²) in [5.74, 6) is 2.46. The molecule has 0 aromatic rings. The second kappa shape index (κ2) is 7.97. The lowest BCUT2D eigenvalue weighted by molar-refractivity contribution is 0.0474. The van der Waals surface area contributed by atoms with Gasteiger partial charge in [0.25, 0.3) is 0 Å². The second-order valence-electron chi connectivity index (χ2n) is 4.02. The maximum Gasteiger partial charge on any atom is 0.0789 e. The van der Waals surface area contributed by atoms with Crippen LogP contribution in [-0.2, 0) is 4.74 Å². The Morgan fingerprint density at radius 3 is 2.71 bits per heavy atom. The summed E-state index contributed by atoms with van der Waals surface area (Å²) in [5, 5.41) is 0.0471. The van der Waals surface area contributed by atoms with Crippen LogP contribution in [0.5, 0.6) is 0 Å². The minimum atomic E-state index is 0.0471. The summed E-state index contributed by atoms with van der Waals surface area (Å²) < 4.78 is 5.88. The SMILES string of the molecule is C#CC=CCC=CCC1OC(CC)C(Br)C1Cl. The van der Waals surface area contributed by atoms with Crippen LogP contribution >= 0.6 is 27.5 Å². The van der Waals surface area contributed by atoms with E-state index >= 15 is 0 Å². The van der Waals surface area contributed by atoms with E-state index in [0.717, 1.165) is 19.3 Å². The molecule has 3 heteroatoms. The number of rotatable bonds is 5. The summed E-state index contributed by atoms with van der Waals surface area (Å²) in [4.78, 5) is 0.258. The Morgan fingerprint density at radius 2 is 2.12 bits per heavy atom. The van der Waals surface area contributed by atoms with Crippen molar-refractivity contribution in [3.63, 3.8) is 0 Å². The van der Waals surface area contributed by atoms with E-state index in [4.69, 9.17) is 22.8 Å². The number of hydrogen-bond acceptors (Lipinski definition) is 1. The summed E-state index contributed by atoms with van der Waals surface area (Å²) in [6.45, 7) is 2.12. The Bertz CT molecular complexity index is 319. The highest BCUT2D eigenvalue weighted by molar-refractivity contribution is 9.09. The maximum atomic E-state index is 6.32. The molecule has 94 valence electrons. The van der Waals surface area contributed by atoms with Crippen molar-refractivity contribution < 1.29 is 4.74 Å². The van der Waals surface area contributed by atoms with Crippen LogP contribution < -0.4 is 0 Å². The van der Waals surface area contributed by atoms with Gasteiger partial charge in [-0.05, 0) is 25.3 Å². The van der Waals surface area contributed by atoms with Crippen molar-refractivity contribution in [2.24, 2.45) is 0 Å². The van der Waals surface area contributed by atoms with E-state index in [9.17, 15) is 0 Å². The monoisotopic (exact) mass is 316 g/mol. The molecule has 0 N–H and O–H groups in total. The Hall–Kier alpha value is -0.230. The van der Waals surface area contributed by atoms with Crippen LogP contribution in [0.4, 0.5) is 0 Å². The average molecular weight is 318 g/mol. The van der Waals surface area contributed by atoms with E-state index < -0.39 is 0 Å². The summed E-state index contributed by atoms with van der Waals surface area (Å²) in [6, 6.07) is 0. The zero-order valence-electron chi connectivity index (χ0n) is 9.98. The number of terminal acetylenes is 1. The third-order valence-electron chi connectivity index (χ3n) is 2.79. The molecular weight excluding hydrogens is 300 g/mol. The molecule has 1 fully saturated rings. The van der Waals surface area contributed by atoms with Crippen LogP contribution in [0.2, 0.25) is 0 Å². The summed E-state index contributed by atoms with van der Waals surface area (Å²) in [7, 11) is 0. The molecule has 1 heterocycles. The first kappa shape index (κ1) is 14.8. The van der Waals surface area contributed by atoms with Gasteiger partial charge >= 0.3 is 0 Å². The topological polar surface area (TPSA) is 9.23 Å². The summed E-state index contributed by atoms with van der Waals surface area (Å²) in [6.07, 6.45) is 16.0. The minimum Gasteiger partial charge on any atom is -0.372 e. The quantitative estimate of drug-likeness (QED) is 0.422. The van der Waals surface area contributed by atoms with E-state index in [2.05, 4.69) is 40.9 Å². The fourth-order valence-electron chi connectivity index (χ4n) is 1.83. The second-order valence-corrected chi connectivity index (χ2v) is 5.58. The first-order valence-electron chi connectivity index (χ1n) is 5.90. The lowest BCUT2D eigenvalue weighted by Crippen LogP contribution is -2.21. The summed E-state index contributed by atoms with van der Waals surface area (Å²) >= 11 is 9.92. The van der Waals surface area contributed by atoms with Gasteiger partial charge in [0.2, 0.25) is 0 Å². The summed E-state index contributed by atoms with van der Waals surface area (Å²) in [5.41, 5.74) is 0. The number of ether oxygens (including phenoxy) is 1. The number of hydrogen-bond donors (Lipinski definition) is 0. The highest BCUT2D eigenvalue weighted by atomic mass is 79.9. The standard InChI is InChI=1S/C14H18BrClO/c1-3-5-6-7-8-9-10-12-14(16)13(15)11(4-2)17-12/h1,5-6,8-9,11-14H,4,7,10H2,2H3. The Balaban J connectivity index is 2.33. The Labute approximate surface area is 117 Å². The van der Waals surface area contributed by atoms with Crippen LogP contribution in [0.3, 0.4) is 0 Å². The van der Waals surface area contributed by atoms with E-state index in [1.54, 1.807) is 6.08 Å². The third kappa shape index (κ3) is 4.50. The van der Waals surface area contributed by atoms with Gasteiger partial charge in [-0.1, -0.05) is 47.0 Å². The molecule has 1 rings (SSSR count). The highest BCUT2D eigenvalue weighted by Gasteiger charge is 2.40. The van der Waals surface area contributed by atoms with Crippen molar-refractivity contribution in [1.82, 2.24) is 0 Å². The van der Waals surface area contributed by atoms with E-state index in [1.807, 2.05) is 6.08 Å². The van der Waals surface area contributed by atoms with Crippen molar-refractivity contribution in [3.8, 4) is 12.3 Å². The molecule has 4 unspecified atom stereocenters. The van der Waals surface area contributed by atoms with Gasteiger partial charge in [0.15, 0.2) is 0 Å². The van der Waals surface area contributed by atoms with Gasteiger partial charge in [-0.15, -0.1) is 18.0 Å². The molecule has 1 saturated heterocycles. The smallest absolute Gasteiger partial charge is 0.0789 e. The molecule has 4 atom stereocenters. The molecular formula is C14H18BrClO. The molecule has 0 aliphatic carbocycles. The van der Waals surface area contributed by atoms with Crippen molar-refractivity contribution in [3.05, 3.63) is 24.3 Å². The van der Waals surface area contributed by atoms with Crippen LogP contribution in [-0.4, -0.2) is 22.4 Å². The third-order valence-corrected chi connectivity index (χ3v) is 4.80. The van der Waals surface area contributed by atoms with Gasteiger partial charge < -0.3 is 4.74 Å². The van der Waals surface area contributed by atoms with Crippen molar-refractivity contribution >= 4 is 27.5 Å². The molecule has 1 aliphatic heterocycles. The molecule has 0 amide bonds. The predicted molar refractivity (Wildman–Crippen MR) is 77.7 cm³/mol. The first-order chi connectivity index (χ1) is 8.20. The number of alkyl halides is 2. The fourth-order valence-corrected chi connectivity index (χ4v) is 3.00. The van der Waals surface area contributed by atoms with Gasteiger partial charge in [-0.25, -0.2) is 0 Å². The van der Waals surface area contributed by atoms with Gasteiger partial charge in [-0.2, -0.15) is 0 Å². The van der Waals surface area contributed by atoms with Gasteiger partial charge in [0.1, 0.15) is 0 Å². The van der Waals surface area contributed by atoms with E-state index in [-0.39, 0.29) is 22.4 Å². The molecule has 0 aromatic carbocycles. The molecule has 0 radical (unpaired) electrons. The molecule has 1 nitrogen and oxygen atoms in total. The molecule has 0 saturated carbocycles. The van der Waals surface area contributed by atoms with Gasteiger partial charge in [-0.3, -0.25) is 0 Å². The van der Waals surface area contributed by atoms with Crippen LogP contribution in [0, 0.1) is 12.3 Å². The molecule has 1 aliphatic rings. The van der Waals surface area contributed by atoms with Crippen molar-refractivity contribution in [2.45, 2.75) is 48.6 Å². The van der Waals surface area contributed by atoms with Crippen LogP contribution in [0.25, 0.3) is 0 Å². The predicted octanol–water partition coefficient (Wildman–Crippen LogP) is 4.06. The largest absolute Gasteiger partial charge is 0.372 e. The molecule has 0 aromatic heterocycles. The molecule has 0 bridgehead atoms. The first-order valence-corrected chi connectivity index (χ1v) is 7.25. The van der Waals surface area contributed by atoms with Gasteiger partial charge in [0, 0.05) is 0 Å².